The number of aliphatic hydroxyl groups excluding tert-OH is 2. The Balaban J connectivity index is 3.26. The van der Waals surface area contributed by atoms with Crippen LogP contribution in [0.15, 0.2) is 0 Å². The van der Waals surface area contributed by atoms with Crippen LogP contribution in [0.25, 0.3) is 0 Å². The van der Waals surface area contributed by atoms with Crippen molar-refractivity contribution >= 4 is 0 Å². The van der Waals surface area contributed by atoms with Crippen molar-refractivity contribution in [3.63, 3.8) is 0 Å². The standard InChI is InChI=1S/C18H38O2/c1-3-5-7-8-9-10-11-14-18(20)16-12-15-17(19)13-6-4-2/h17-20H,3-16H2,1-2H3. The summed E-state index contributed by atoms with van der Waals surface area (Å²) in [5, 5.41) is 19.6. The summed E-state index contributed by atoms with van der Waals surface area (Å²) in [5.41, 5.74) is 0. The first-order valence-electron chi connectivity index (χ1n) is 9.06. The van der Waals surface area contributed by atoms with Gasteiger partial charge in [0.2, 0.25) is 0 Å². The summed E-state index contributed by atoms with van der Waals surface area (Å²) in [4.78, 5) is 0. The van der Waals surface area contributed by atoms with Crippen LogP contribution in [-0.2, 0) is 0 Å². The molecule has 0 aliphatic carbocycles. The van der Waals surface area contributed by atoms with Gasteiger partial charge in [0.25, 0.3) is 0 Å². The molecule has 0 fully saturated rings. The van der Waals surface area contributed by atoms with Gasteiger partial charge in [-0.1, -0.05) is 71.6 Å². The Bertz CT molecular complexity index is 182. The first-order chi connectivity index (χ1) is 9.70. The molecule has 0 saturated heterocycles. The van der Waals surface area contributed by atoms with Gasteiger partial charge in [-0.25, -0.2) is 0 Å². The molecule has 122 valence electrons. The largest absolute Gasteiger partial charge is 0.393 e. The molecule has 0 aromatic rings. The number of unbranched alkanes of at least 4 members (excludes halogenated alkanes) is 7. The summed E-state index contributed by atoms with van der Waals surface area (Å²) in [6.07, 6.45) is 15.6. The average molecular weight is 287 g/mol. The minimum absolute atomic E-state index is 0.149. The van der Waals surface area contributed by atoms with Gasteiger partial charge < -0.3 is 10.2 Å². The second kappa shape index (κ2) is 15.3. The van der Waals surface area contributed by atoms with Gasteiger partial charge in [0.15, 0.2) is 0 Å². The molecule has 2 N–H and O–H groups in total. The molecule has 0 bridgehead atoms. The molecule has 2 nitrogen and oxygen atoms in total. The number of rotatable bonds is 15. The molecular weight excluding hydrogens is 248 g/mol. The van der Waals surface area contributed by atoms with Gasteiger partial charge >= 0.3 is 0 Å². The van der Waals surface area contributed by atoms with E-state index >= 15 is 0 Å². The molecule has 0 aromatic heterocycles. The van der Waals surface area contributed by atoms with Crippen molar-refractivity contribution in [2.24, 2.45) is 0 Å². The third-order valence-electron chi connectivity index (χ3n) is 4.11. The molecule has 2 atom stereocenters. The minimum Gasteiger partial charge on any atom is -0.393 e. The molecular formula is C18H38O2. The van der Waals surface area contributed by atoms with Gasteiger partial charge in [0, 0.05) is 0 Å². The maximum Gasteiger partial charge on any atom is 0.0540 e. The number of aliphatic hydroxyl groups is 2. The van der Waals surface area contributed by atoms with Crippen molar-refractivity contribution in [1.82, 2.24) is 0 Å². The van der Waals surface area contributed by atoms with E-state index < -0.39 is 0 Å². The zero-order valence-corrected chi connectivity index (χ0v) is 13.9. The van der Waals surface area contributed by atoms with Crippen LogP contribution >= 0.6 is 0 Å². The summed E-state index contributed by atoms with van der Waals surface area (Å²) in [6, 6.07) is 0. The quantitative estimate of drug-likeness (QED) is 0.406. The van der Waals surface area contributed by atoms with Crippen molar-refractivity contribution in [3.8, 4) is 0 Å². The summed E-state index contributed by atoms with van der Waals surface area (Å²) in [7, 11) is 0. The lowest BCUT2D eigenvalue weighted by Gasteiger charge is -2.13. The fourth-order valence-corrected chi connectivity index (χ4v) is 2.65. The first kappa shape index (κ1) is 19.9. The highest BCUT2D eigenvalue weighted by Crippen LogP contribution is 2.14. The zero-order valence-electron chi connectivity index (χ0n) is 13.9. The monoisotopic (exact) mass is 286 g/mol. The second-order valence-electron chi connectivity index (χ2n) is 6.29. The molecule has 0 aromatic carbocycles. The molecule has 0 heterocycles. The fraction of sp³-hybridized carbons (Fsp3) is 1.00. The van der Waals surface area contributed by atoms with Crippen LogP contribution in [-0.4, -0.2) is 22.4 Å². The molecule has 0 amide bonds. The Morgan fingerprint density at radius 2 is 0.900 bits per heavy atom. The van der Waals surface area contributed by atoms with Crippen LogP contribution in [0, 0.1) is 0 Å². The third kappa shape index (κ3) is 14.3. The third-order valence-corrected chi connectivity index (χ3v) is 4.11. The Morgan fingerprint density at radius 1 is 0.500 bits per heavy atom. The van der Waals surface area contributed by atoms with Gasteiger partial charge in [0.1, 0.15) is 0 Å². The first-order valence-corrected chi connectivity index (χ1v) is 9.06. The van der Waals surface area contributed by atoms with Crippen LogP contribution < -0.4 is 0 Å². The van der Waals surface area contributed by atoms with Crippen molar-refractivity contribution in [2.45, 2.75) is 116 Å². The highest BCUT2D eigenvalue weighted by atomic mass is 16.3. The Hall–Kier alpha value is -0.0800. The second-order valence-corrected chi connectivity index (χ2v) is 6.29. The number of hydrogen-bond acceptors (Lipinski definition) is 2. The molecule has 0 aliphatic rings. The van der Waals surface area contributed by atoms with E-state index in [1.165, 1.54) is 38.5 Å². The molecule has 2 unspecified atom stereocenters. The maximum absolute atomic E-state index is 9.90. The van der Waals surface area contributed by atoms with Gasteiger partial charge in [-0.3, -0.25) is 0 Å². The fourth-order valence-electron chi connectivity index (χ4n) is 2.65. The molecule has 20 heavy (non-hydrogen) atoms. The number of hydrogen-bond donors (Lipinski definition) is 2. The normalized spacial score (nSPS) is 14.4. The van der Waals surface area contributed by atoms with E-state index in [2.05, 4.69) is 13.8 Å². The summed E-state index contributed by atoms with van der Waals surface area (Å²) in [6.45, 7) is 4.40. The Kier molecular flexibility index (Phi) is 15.3. The molecule has 0 aliphatic heterocycles. The average Bonchev–Trinajstić information content (AvgIpc) is 2.44. The van der Waals surface area contributed by atoms with E-state index in [9.17, 15) is 10.2 Å². The molecule has 0 rings (SSSR count). The maximum atomic E-state index is 9.90. The molecule has 0 saturated carbocycles. The van der Waals surface area contributed by atoms with E-state index in [0.717, 1.165) is 51.4 Å². The van der Waals surface area contributed by atoms with Crippen LogP contribution in [0.5, 0.6) is 0 Å². The summed E-state index contributed by atoms with van der Waals surface area (Å²) >= 11 is 0. The Labute approximate surface area is 127 Å². The molecule has 2 heteroatoms. The van der Waals surface area contributed by atoms with Crippen LogP contribution in [0.4, 0.5) is 0 Å². The van der Waals surface area contributed by atoms with Crippen LogP contribution in [0.2, 0.25) is 0 Å². The lowest BCUT2D eigenvalue weighted by molar-refractivity contribution is 0.121. The van der Waals surface area contributed by atoms with Crippen molar-refractivity contribution in [1.29, 1.82) is 0 Å². The van der Waals surface area contributed by atoms with Gasteiger partial charge in [-0.05, 0) is 32.1 Å². The van der Waals surface area contributed by atoms with E-state index in [1.54, 1.807) is 0 Å². The predicted molar refractivity (Wildman–Crippen MR) is 88.0 cm³/mol. The Morgan fingerprint density at radius 3 is 1.45 bits per heavy atom. The predicted octanol–water partition coefficient (Wildman–Crippen LogP) is 5.21. The van der Waals surface area contributed by atoms with Crippen molar-refractivity contribution in [3.05, 3.63) is 0 Å². The topological polar surface area (TPSA) is 40.5 Å². The lowest BCUT2D eigenvalue weighted by atomic mass is 10.0. The minimum atomic E-state index is -0.152. The van der Waals surface area contributed by atoms with E-state index in [0.29, 0.717) is 0 Å². The van der Waals surface area contributed by atoms with Crippen LogP contribution in [0.3, 0.4) is 0 Å². The van der Waals surface area contributed by atoms with Crippen molar-refractivity contribution in [2.75, 3.05) is 0 Å². The SMILES string of the molecule is CCCCCCCCCC(O)CCCC(O)CCCC. The van der Waals surface area contributed by atoms with E-state index in [4.69, 9.17) is 0 Å². The molecule has 0 spiro atoms. The summed E-state index contributed by atoms with van der Waals surface area (Å²) < 4.78 is 0. The lowest BCUT2D eigenvalue weighted by Crippen LogP contribution is -2.10. The van der Waals surface area contributed by atoms with Gasteiger partial charge in [-0.2, -0.15) is 0 Å². The highest BCUT2D eigenvalue weighted by Gasteiger charge is 2.07. The zero-order chi connectivity index (χ0) is 15.1. The smallest absolute Gasteiger partial charge is 0.0540 e. The van der Waals surface area contributed by atoms with Crippen molar-refractivity contribution < 1.29 is 10.2 Å². The molecule has 0 radical (unpaired) electrons. The van der Waals surface area contributed by atoms with E-state index in [-0.39, 0.29) is 12.2 Å². The van der Waals surface area contributed by atoms with Gasteiger partial charge in [-0.15, -0.1) is 0 Å². The highest BCUT2D eigenvalue weighted by molar-refractivity contribution is 4.61. The van der Waals surface area contributed by atoms with Gasteiger partial charge in [0.05, 0.1) is 12.2 Å². The summed E-state index contributed by atoms with van der Waals surface area (Å²) in [5.74, 6) is 0. The van der Waals surface area contributed by atoms with Crippen LogP contribution in [0.1, 0.15) is 104 Å². The van der Waals surface area contributed by atoms with E-state index in [1.807, 2.05) is 0 Å².